The number of carboxylic acids is 1. The molecule has 0 aliphatic carbocycles. The van der Waals surface area contributed by atoms with Crippen LogP contribution in [0.2, 0.25) is 5.02 Å². The van der Waals surface area contributed by atoms with E-state index >= 15 is 0 Å². The molecule has 1 aliphatic heterocycles. The Balaban J connectivity index is 0.00000361. The molecule has 2 unspecified atom stereocenters. The van der Waals surface area contributed by atoms with Crippen LogP contribution in [0.25, 0.3) is 0 Å². The number of fused-ring (bicyclic) bond motifs is 1. The van der Waals surface area contributed by atoms with E-state index in [2.05, 4.69) is 5.32 Å². The van der Waals surface area contributed by atoms with E-state index in [0.29, 0.717) is 41.2 Å². The number of amides is 1. The van der Waals surface area contributed by atoms with Gasteiger partial charge in [0.25, 0.3) is 5.91 Å². The minimum absolute atomic E-state index is 0. The number of rotatable bonds is 8. The summed E-state index contributed by atoms with van der Waals surface area (Å²) in [6, 6.07) is 17.0. The van der Waals surface area contributed by atoms with Crippen LogP contribution in [-0.2, 0) is 11.2 Å². The van der Waals surface area contributed by atoms with Crippen molar-refractivity contribution in [2.45, 2.75) is 24.3 Å². The van der Waals surface area contributed by atoms with Crippen LogP contribution in [0.5, 0.6) is 23.0 Å². The first-order valence-corrected chi connectivity index (χ1v) is 11.7. The zero-order valence-electron chi connectivity index (χ0n) is 19.8. The number of carbonyl (C=O) groups excluding carboxylic acids is 2. The molecule has 1 N–H and O–H groups in total. The van der Waals surface area contributed by atoms with E-state index in [0.717, 1.165) is 11.3 Å². The average Bonchev–Trinajstić information content (AvgIpc) is 2.85. The van der Waals surface area contributed by atoms with Gasteiger partial charge in [-0.1, -0.05) is 35.3 Å². The molecule has 182 valence electrons. The Morgan fingerprint density at radius 2 is 1.78 bits per heavy atom. The Labute approximate surface area is 240 Å². The van der Waals surface area contributed by atoms with Gasteiger partial charge >= 0.3 is 29.6 Å². The molecule has 0 fully saturated rings. The van der Waals surface area contributed by atoms with Crippen LogP contribution >= 0.6 is 23.2 Å². The molecule has 0 radical (unpaired) electrons. The van der Waals surface area contributed by atoms with E-state index in [1.54, 1.807) is 37.4 Å². The zero-order chi connectivity index (χ0) is 24.9. The van der Waals surface area contributed by atoms with E-state index in [1.807, 2.05) is 24.3 Å². The van der Waals surface area contributed by atoms with Gasteiger partial charge in [0.05, 0.1) is 18.7 Å². The first-order valence-electron chi connectivity index (χ1n) is 10.9. The van der Waals surface area contributed by atoms with E-state index in [4.69, 9.17) is 37.4 Å². The van der Waals surface area contributed by atoms with E-state index in [1.165, 1.54) is 6.07 Å². The van der Waals surface area contributed by atoms with Crippen molar-refractivity contribution in [1.29, 1.82) is 0 Å². The van der Waals surface area contributed by atoms with Crippen LogP contribution in [0, 0.1) is 0 Å². The molecule has 3 aromatic carbocycles. The maximum atomic E-state index is 12.6. The summed E-state index contributed by atoms with van der Waals surface area (Å²) in [5, 5.41) is 14.4. The van der Waals surface area contributed by atoms with Gasteiger partial charge in [0.1, 0.15) is 28.5 Å². The third-order valence-corrected chi connectivity index (χ3v) is 6.15. The fraction of sp³-hybridized carbons (Fsp3) is 0.231. The second-order valence-corrected chi connectivity index (χ2v) is 8.88. The summed E-state index contributed by atoms with van der Waals surface area (Å²) in [6.07, 6.45) is 0.773. The van der Waals surface area contributed by atoms with Crippen LogP contribution in [0.1, 0.15) is 33.8 Å². The smallest absolute Gasteiger partial charge is 0.549 e. The molecular weight excluding hydrogens is 516 g/mol. The van der Waals surface area contributed by atoms with Crippen LogP contribution in [0.4, 0.5) is 0 Å². The Bertz CT molecular complexity index is 1220. The molecule has 0 aromatic heterocycles. The Hall–Kier alpha value is -2.42. The Morgan fingerprint density at radius 1 is 1.11 bits per heavy atom. The Morgan fingerprint density at radius 3 is 2.42 bits per heavy atom. The van der Waals surface area contributed by atoms with E-state index in [-0.39, 0.29) is 47.1 Å². The molecule has 4 rings (SSSR count). The van der Waals surface area contributed by atoms with Crippen molar-refractivity contribution < 1.29 is 58.5 Å². The summed E-state index contributed by atoms with van der Waals surface area (Å²) >= 11 is 12.6. The molecule has 1 amide bonds. The fourth-order valence-corrected chi connectivity index (χ4v) is 4.25. The van der Waals surface area contributed by atoms with Crippen molar-refractivity contribution in [3.05, 3.63) is 82.4 Å². The largest absolute Gasteiger partial charge is 1.00 e. The van der Waals surface area contributed by atoms with Crippen LogP contribution < -0.4 is 54.2 Å². The van der Waals surface area contributed by atoms with Gasteiger partial charge in [0, 0.05) is 35.5 Å². The predicted octanol–water partition coefficient (Wildman–Crippen LogP) is 1.30. The van der Waals surface area contributed by atoms with Gasteiger partial charge in [-0.2, -0.15) is 0 Å². The third kappa shape index (κ3) is 6.87. The fourth-order valence-electron chi connectivity index (χ4n) is 3.76. The van der Waals surface area contributed by atoms with Crippen molar-refractivity contribution in [2.75, 3.05) is 13.7 Å². The number of aliphatic carboxylic acids is 1. The van der Waals surface area contributed by atoms with Gasteiger partial charge in [-0.3, -0.25) is 4.79 Å². The number of ether oxygens (including phenoxy) is 3. The number of alkyl halides is 1. The third-order valence-electron chi connectivity index (χ3n) is 5.59. The van der Waals surface area contributed by atoms with E-state index < -0.39 is 17.4 Å². The quantitative estimate of drug-likeness (QED) is 0.264. The van der Waals surface area contributed by atoms with E-state index in [9.17, 15) is 14.7 Å². The number of carboxylic acid groups (broad SMARTS) is 1. The molecule has 3 aromatic rings. The van der Waals surface area contributed by atoms with Gasteiger partial charge < -0.3 is 29.4 Å². The SMILES string of the molecule is COc1ccc(CC(Cl)NC(=O)c2ccc(Oc3cc4c(cc3Cl)C(C(=O)[O-])CCO4)cc2)cc1.[Na+]. The molecule has 2 atom stereocenters. The van der Waals surface area contributed by atoms with Crippen LogP contribution in [-0.4, -0.2) is 31.1 Å². The molecule has 36 heavy (non-hydrogen) atoms. The molecule has 0 saturated heterocycles. The summed E-state index contributed by atoms with van der Waals surface area (Å²) < 4.78 is 16.6. The van der Waals surface area contributed by atoms with Gasteiger partial charge in [-0.05, 0) is 54.4 Å². The normalized spacial score (nSPS) is 14.9. The standard InChI is InChI=1S/C26H23Cl2NO6.Na/c1-33-17-6-2-15(3-7-17)12-24(28)29-25(30)16-4-8-18(9-5-16)35-23-14-22-20(13-21(23)27)19(26(31)32)10-11-34-22;/h2-9,13-14,19,24H,10-12H2,1H3,(H,29,30)(H,31,32);/q;+1/p-1. The minimum atomic E-state index is -1.17. The second kappa shape index (κ2) is 12.7. The van der Waals surface area contributed by atoms with Crippen LogP contribution in [0.3, 0.4) is 0 Å². The van der Waals surface area contributed by atoms with Gasteiger partial charge in [0.15, 0.2) is 0 Å². The van der Waals surface area contributed by atoms with Crippen molar-refractivity contribution in [2.24, 2.45) is 0 Å². The van der Waals surface area contributed by atoms with Crippen LogP contribution in [0.15, 0.2) is 60.7 Å². The molecule has 0 saturated carbocycles. The molecule has 7 nitrogen and oxygen atoms in total. The van der Waals surface area contributed by atoms with Gasteiger partial charge in [0.2, 0.25) is 0 Å². The number of benzene rings is 3. The number of hydrogen-bond acceptors (Lipinski definition) is 6. The van der Waals surface area contributed by atoms with Gasteiger partial charge in [-0.25, -0.2) is 0 Å². The predicted molar refractivity (Wildman–Crippen MR) is 130 cm³/mol. The molecule has 0 spiro atoms. The summed E-state index contributed by atoms with van der Waals surface area (Å²) in [5.41, 5.74) is 1.25. The topological polar surface area (TPSA) is 96.9 Å². The number of halogens is 2. The number of hydrogen-bond donors (Lipinski definition) is 1. The van der Waals surface area contributed by atoms with Crippen molar-refractivity contribution in [3.8, 4) is 23.0 Å². The summed E-state index contributed by atoms with van der Waals surface area (Å²) in [4.78, 5) is 24.0. The van der Waals surface area contributed by atoms with Crippen molar-refractivity contribution in [3.63, 3.8) is 0 Å². The van der Waals surface area contributed by atoms with Gasteiger partial charge in [-0.15, -0.1) is 0 Å². The minimum Gasteiger partial charge on any atom is -0.549 e. The first-order chi connectivity index (χ1) is 16.8. The number of carbonyl (C=O) groups is 2. The maximum Gasteiger partial charge on any atom is 1.00 e. The zero-order valence-corrected chi connectivity index (χ0v) is 23.3. The molecule has 0 bridgehead atoms. The van der Waals surface area contributed by atoms with Crippen molar-refractivity contribution in [1.82, 2.24) is 5.32 Å². The average molecular weight is 538 g/mol. The van der Waals surface area contributed by atoms with Crippen molar-refractivity contribution >= 4 is 35.1 Å². The summed E-state index contributed by atoms with van der Waals surface area (Å²) in [6.45, 7) is 0.260. The summed E-state index contributed by atoms with van der Waals surface area (Å²) in [7, 11) is 1.60. The molecule has 1 aliphatic rings. The number of methoxy groups -OCH3 is 1. The monoisotopic (exact) mass is 537 g/mol. The maximum absolute atomic E-state index is 12.6. The first kappa shape index (κ1) is 28.2. The number of nitrogens with one attached hydrogen (secondary N) is 1. The molecule has 1 heterocycles. The molecular formula is C26H22Cl2NNaO6. The second-order valence-electron chi connectivity index (χ2n) is 7.95. The molecule has 10 heteroatoms. The summed E-state index contributed by atoms with van der Waals surface area (Å²) in [5.74, 6) is -0.380. The Kier molecular flexibility index (Phi) is 9.93.